The molecule has 0 aliphatic carbocycles. The maximum absolute atomic E-state index is 12.6. The predicted octanol–water partition coefficient (Wildman–Crippen LogP) is 23.6. The highest BCUT2D eigenvalue weighted by atomic mass is 79.9. The first-order chi connectivity index (χ1) is 59.0. The van der Waals surface area contributed by atoms with Gasteiger partial charge in [0.2, 0.25) is 0 Å². The van der Waals surface area contributed by atoms with Gasteiger partial charge in [-0.3, -0.25) is 9.59 Å². The van der Waals surface area contributed by atoms with Gasteiger partial charge < -0.3 is 62.2 Å². The number of methoxy groups -OCH3 is 3. The standard InChI is InChI=1S/C23H28O4.C22H26O4.C15H21BO3.C14H19BrO3.C10H9BrO3.C9H9BrO.C8H7BrO2/c1-15-8-6-10-18(16-11-12-19-17(14-16)9-7-13-26-19)20(15)21(22(24)25-5)27-23(2,3)4;1-14-7-5-9-17(19(14)20(21(23)24)26-22(2,3)4)15-10-11-18-16(13-15)8-6-12-25-18;1-14(2)15(3,4)19-16(18-14)12-7-8-13-11(10-12)6-5-9-17-13;1-9-7-6-8-10(15)11(9)12(13(16)17-5)18-14(2,3)4;1-6-4-3-5-7(11)8(6)9(12)10(13)14-2;1-6-4-3-5-8(10)9(6)7(2)11;1-5-3-2-4-6(9)7(5)8(10)11/h6,8,10-12,14,21H,7,9,13H2,1-5H3;5,7,9-11,13,20H,6,8,12H2,1-4H3,(H,23,24);7-8,10H,5-6,9H2,1-4H3;6-8,12H,1-5H3;3-5H,1-2H3;3-5H,1-2H3;2-4H,1H3,(H,10,11). The van der Waals surface area contributed by atoms with Crippen LogP contribution in [0, 0.1) is 41.5 Å². The van der Waals surface area contributed by atoms with E-state index in [2.05, 4.69) is 114 Å². The van der Waals surface area contributed by atoms with Crippen LogP contribution >= 0.6 is 63.7 Å². The van der Waals surface area contributed by atoms with Crippen LogP contribution in [0.4, 0.5) is 0 Å². The lowest BCUT2D eigenvalue weighted by Crippen LogP contribution is -2.41. The molecule has 4 aliphatic rings. The summed E-state index contributed by atoms with van der Waals surface area (Å²) in [6.07, 6.45) is 3.65. The molecule has 4 aliphatic heterocycles. The molecule has 3 atom stereocenters. The Balaban J connectivity index is 0.000000207. The minimum Gasteiger partial charge on any atom is -0.493 e. The maximum atomic E-state index is 12.6. The normalized spacial score (nSPS) is 14.5. The monoisotopic (exact) mass is 1980 g/mol. The molecule has 2 N–H and O–H groups in total. The minimum atomic E-state index is -1.02. The zero-order chi connectivity index (χ0) is 93.7. The van der Waals surface area contributed by atoms with Gasteiger partial charge >= 0.3 is 37.0 Å². The lowest BCUT2D eigenvalue weighted by molar-refractivity contribution is -0.164. The van der Waals surface area contributed by atoms with Crippen molar-refractivity contribution in [2.24, 2.45) is 0 Å². The molecular formula is C101H119BBr4O20. The van der Waals surface area contributed by atoms with Crippen molar-refractivity contribution < 1.29 is 95.7 Å². The van der Waals surface area contributed by atoms with Crippen LogP contribution in [0.5, 0.6) is 17.2 Å². The summed E-state index contributed by atoms with van der Waals surface area (Å²) in [6, 6.07) is 52.6. The van der Waals surface area contributed by atoms with Gasteiger partial charge in [-0.1, -0.05) is 157 Å². The summed E-state index contributed by atoms with van der Waals surface area (Å²) >= 11 is 13.2. The Hall–Kier alpha value is -9.15. The van der Waals surface area contributed by atoms with Crippen molar-refractivity contribution in [1.29, 1.82) is 0 Å². The predicted molar refractivity (Wildman–Crippen MR) is 508 cm³/mol. The van der Waals surface area contributed by atoms with E-state index in [1.807, 2.05) is 205 Å². The third-order valence-electron chi connectivity index (χ3n) is 20.9. The molecule has 126 heavy (non-hydrogen) atoms. The molecule has 9 aromatic rings. The fourth-order valence-electron chi connectivity index (χ4n) is 14.2. The summed E-state index contributed by atoms with van der Waals surface area (Å²) in [5.41, 5.74) is 15.9. The lowest BCUT2D eigenvalue weighted by atomic mass is 9.78. The number of aliphatic carboxylic acids is 1. The summed E-state index contributed by atoms with van der Waals surface area (Å²) in [4.78, 5) is 80.7. The van der Waals surface area contributed by atoms with Crippen LogP contribution in [0.15, 0.2) is 182 Å². The molecule has 25 heteroatoms. The van der Waals surface area contributed by atoms with Crippen LogP contribution in [0.2, 0.25) is 0 Å². The summed E-state index contributed by atoms with van der Waals surface area (Å²) in [7, 11) is 3.67. The fraction of sp³-hybridized carbons (Fsp3) is 0.396. The number of halogens is 4. The number of carboxylic acids is 2. The number of hydrogen-bond donors (Lipinski definition) is 2. The van der Waals surface area contributed by atoms with E-state index in [1.54, 1.807) is 51.1 Å². The second-order valence-electron chi connectivity index (χ2n) is 34.7. The number of hydrogen-bond acceptors (Lipinski definition) is 18. The number of fused-ring (bicyclic) bond motifs is 3. The highest BCUT2D eigenvalue weighted by Gasteiger charge is 2.52. The fourth-order valence-corrected chi connectivity index (χ4v) is 16.8. The molecule has 0 aromatic heterocycles. The van der Waals surface area contributed by atoms with Crippen LogP contribution in [0.25, 0.3) is 22.3 Å². The number of carbonyl (C=O) groups is 7. The number of carboxylic acid groups (broad SMARTS) is 2. The zero-order valence-corrected chi connectivity index (χ0v) is 82.9. The molecule has 0 amide bonds. The van der Waals surface area contributed by atoms with Gasteiger partial charge in [0.05, 0.1) is 74.7 Å². The molecule has 0 saturated carbocycles. The molecule has 0 bridgehead atoms. The Morgan fingerprint density at radius 2 is 0.738 bits per heavy atom. The average Bonchev–Trinajstić information content (AvgIpc) is 1.46. The Bertz CT molecular complexity index is 5190. The number of aromatic carboxylic acids is 1. The SMILES string of the molecule is CC(=O)c1c(C)cccc1Br.CC1(C)OB(c2ccc3c(c2)CCCO3)OC1(C)C.COC(=O)C(=O)c1c(C)cccc1Br.COC(=O)C(OC(C)(C)C)c1c(C)cccc1-c1ccc2c(c1)CCCO2.COC(=O)C(OC(C)(C)C)c1c(C)cccc1Br.Cc1cccc(-c2ccc3c(c2)CCCO3)c1C(OC(C)(C)C)C(=O)O.Cc1cccc(Br)c1C(=O)O. The van der Waals surface area contributed by atoms with Gasteiger partial charge in [0.1, 0.15) is 17.2 Å². The van der Waals surface area contributed by atoms with Gasteiger partial charge in [-0.05, 0) is 325 Å². The van der Waals surface area contributed by atoms with Crippen LogP contribution in [-0.4, -0.2) is 128 Å². The molecule has 4 heterocycles. The maximum Gasteiger partial charge on any atom is 0.494 e. The topological polar surface area (TPSA) is 261 Å². The quantitative estimate of drug-likeness (QED) is 0.0299. The largest absolute Gasteiger partial charge is 0.494 e. The second kappa shape index (κ2) is 46.2. The lowest BCUT2D eigenvalue weighted by Gasteiger charge is -2.32. The van der Waals surface area contributed by atoms with E-state index >= 15 is 0 Å². The molecule has 0 spiro atoms. The summed E-state index contributed by atoms with van der Waals surface area (Å²) < 4.78 is 64.4. The summed E-state index contributed by atoms with van der Waals surface area (Å²) in [6.45, 7) is 40.8. The molecule has 20 nitrogen and oxygen atoms in total. The number of rotatable bonds is 16. The van der Waals surface area contributed by atoms with Crippen LogP contribution in [0.3, 0.4) is 0 Å². The molecule has 3 unspecified atom stereocenters. The first-order valence-corrected chi connectivity index (χ1v) is 44.8. The van der Waals surface area contributed by atoms with E-state index in [0.717, 1.165) is 162 Å². The summed E-state index contributed by atoms with van der Waals surface area (Å²) in [5, 5.41) is 18.5. The van der Waals surface area contributed by atoms with Gasteiger partial charge in [-0.2, -0.15) is 0 Å². The minimum absolute atomic E-state index is 0.106. The van der Waals surface area contributed by atoms with Crippen molar-refractivity contribution in [3.63, 3.8) is 0 Å². The van der Waals surface area contributed by atoms with Gasteiger partial charge in [-0.15, -0.1) is 0 Å². The van der Waals surface area contributed by atoms with Crippen molar-refractivity contribution in [3.8, 4) is 39.5 Å². The number of benzene rings is 9. The molecule has 9 aromatic carbocycles. The highest BCUT2D eigenvalue weighted by molar-refractivity contribution is 9.11. The average molecular weight is 1980 g/mol. The number of Topliss-reactive ketones (excluding diaryl/α,β-unsaturated/α-hetero) is 2. The Labute approximate surface area is 776 Å². The smallest absolute Gasteiger partial charge is 0.493 e. The van der Waals surface area contributed by atoms with Gasteiger partial charge in [0, 0.05) is 45.7 Å². The van der Waals surface area contributed by atoms with Crippen LogP contribution in [-0.2, 0) is 76.2 Å². The number of ketones is 2. The van der Waals surface area contributed by atoms with Gasteiger partial charge in [0.25, 0.3) is 5.78 Å². The van der Waals surface area contributed by atoms with Gasteiger partial charge in [0.15, 0.2) is 24.1 Å². The van der Waals surface area contributed by atoms with Crippen molar-refractivity contribution in [2.45, 2.75) is 223 Å². The molecular weight excluding hydrogens is 1860 g/mol. The van der Waals surface area contributed by atoms with E-state index in [4.69, 9.17) is 52.3 Å². The Morgan fingerprint density at radius 3 is 1.08 bits per heavy atom. The summed E-state index contributed by atoms with van der Waals surface area (Å²) in [5.74, 6) is -1.13. The van der Waals surface area contributed by atoms with Crippen molar-refractivity contribution in [2.75, 3.05) is 41.2 Å². The van der Waals surface area contributed by atoms with E-state index in [9.17, 15) is 38.7 Å². The van der Waals surface area contributed by atoms with E-state index in [1.165, 1.54) is 38.0 Å². The van der Waals surface area contributed by atoms with Crippen molar-refractivity contribution >= 4 is 118 Å². The zero-order valence-electron chi connectivity index (χ0n) is 76.5. The third kappa shape index (κ3) is 28.9. The number of carbonyl (C=O) groups excluding carboxylic acids is 5. The number of esters is 3. The second-order valence-corrected chi connectivity index (χ2v) is 38.1. The van der Waals surface area contributed by atoms with Crippen LogP contribution in [0.1, 0.15) is 232 Å². The number of aryl methyl sites for hydroxylation is 9. The molecule has 0 radical (unpaired) electrons. The first kappa shape index (κ1) is 104. The molecule has 13 rings (SSSR count). The first-order valence-electron chi connectivity index (χ1n) is 41.7. The Kier molecular flexibility index (Phi) is 38.1. The molecule has 1 saturated heterocycles. The van der Waals surface area contributed by atoms with Crippen molar-refractivity contribution in [1.82, 2.24) is 0 Å². The molecule has 1 fully saturated rings. The van der Waals surface area contributed by atoms with Gasteiger partial charge in [-0.25, -0.2) is 24.0 Å². The van der Waals surface area contributed by atoms with E-state index in [0.29, 0.717) is 25.6 Å². The third-order valence-corrected chi connectivity index (χ3v) is 23.6. The highest BCUT2D eigenvalue weighted by Crippen LogP contribution is 2.43. The van der Waals surface area contributed by atoms with E-state index < -0.39 is 58.8 Å². The Morgan fingerprint density at radius 1 is 0.405 bits per heavy atom. The molecule has 674 valence electrons. The number of ether oxygens (including phenoxy) is 9. The van der Waals surface area contributed by atoms with Crippen LogP contribution < -0.4 is 19.7 Å². The van der Waals surface area contributed by atoms with Crippen molar-refractivity contribution in [3.05, 3.63) is 265 Å². The van der Waals surface area contributed by atoms with E-state index in [-0.39, 0.29) is 36.0 Å².